The molecule has 146 valence electrons. The highest BCUT2D eigenvalue weighted by atomic mass is 79.9. The Kier molecular flexibility index (Phi) is 7.23. The number of carbonyl (C=O) groups is 1. The van der Waals surface area contributed by atoms with Crippen molar-refractivity contribution < 1.29 is 21.6 Å². The Hall–Kier alpha value is -0.970. The van der Waals surface area contributed by atoms with Gasteiger partial charge in [0.2, 0.25) is 15.9 Å². The van der Waals surface area contributed by atoms with Crippen LogP contribution in [0.5, 0.6) is 0 Å². The molecule has 26 heavy (non-hydrogen) atoms. The highest BCUT2D eigenvalue weighted by molar-refractivity contribution is 9.10. The molecule has 0 aromatic heterocycles. The predicted octanol–water partition coefficient (Wildman–Crippen LogP) is 1.40. The molecule has 1 unspecified atom stereocenters. The largest absolute Gasteiger partial charge is 0.355 e. The fourth-order valence-electron chi connectivity index (χ4n) is 2.75. The minimum absolute atomic E-state index is 0.0332. The lowest BCUT2D eigenvalue weighted by Crippen LogP contribution is -2.46. The van der Waals surface area contributed by atoms with Gasteiger partial charge >= 0.3 is 0 Å². The molecule has 1 amide bonds. The number of hydrogen-bond donors (Lipinski definition) is 1. The third-order valence-corrected chi connectivity index (χ3v) is 8.47. The van der Waals surface area contributed by atoms with E-state index in [2.05, 4.69) is 21.2 Å². The van der Waals surface area contributed by atoms with Gasteiger partial charge in [0.15, 0.2) is 9.84 Å². The van der Waals surface area contributed by atoms with Crippen molar-refractivity contribution in [2.24, 2.45) is 5.92 Å². The number of hydrogen-bond acceptors (Lipinski definition) is 5. The molecule has 7 nitrogen and oxygen atoms in total. The number of piperidine rings is 1. The van der Waals surface area contributed by atoms with Crippen LogP contribution < -0.4 is 5.32 Å². The van der Waals surface area contributed by atoms with E-state index in [1.165, 1.54) is 16.4 Å². The first-order valence-electron chi connectivity index (χ1n) is 8.39. The van der Waals surface area contributed by atoms with Gasteiger partial charge in [-0.3, -0.25) is 4.79 Å². The molecule has 1 saturated heterocycles. The van der Waals surface area contributed by atoms with E-state index >= 15 is 0 Å². The van der Waals surface area contributed by atoms with Crippen molar-refractivity contribution in [3.8, 4) is 0 Å². The average molecular weight is 467 g/mol. The molecule has 0 spiro atoms. The second-order valence-electron chi connectivity index (χ2n) is 6.18. The third-order valence-electron chi connectivity index (χ3n) is 4.36. The number of sulfone groups is 1. The Balaban J connectivity index is 1.99. The van der Waals surface area contributed by atoms with E-state index < -0.39 is 25.8 Å². The monoisotopic (exact) mass is 466 g/mol. The Morgan fingerprint density at radius 3 is 2.50 bits per heavy atom. The van der Waals surface area contributed by atoms with Crippen molar-refractivity contribution in [3.63, 3.8) is 0 Å². The van der Waals surface area contributed by atoms with Crippen LogP contribution in [0.4, 0.5) is 0 Å². The van der Waals surface area contributed by atoms with Crippen LogP contribution in [0.2, 0.25) is 0 Å². The first kappa shape index (κ1) is 21.3. The number of carbonyl (C=O) groups excluding carboxylic acids is 1. The second-order valence-corrected chi connectivity index (χ2v) is 11.5. The highest BCUT2D eigenvalue weighted by Crippen LogP contribution is 2.24. The summed E-state index contributed by atoms with van der Waals surface area (Å²) in [5.41, 5.74) is 0. The molecule has 1 aromatic carbocycles. The summed E-state index contributed by atoms with van der Waals surface area (Å²) in [6, 6.07) is 6.38. The summed E-state index contributed by atoms with van der Waals surface area (Å²) in [5.74, 6) is -0.848. The molecular formula is C16H23BrN2O5S2. The highest BCUT2D eigenvalue weighted by Gasteiger charge is 2.33. The van der Waals surface area contributed by atoms with E-state index in [1.807, 2.05) is 0 Å². The molecular weight excluding hydrogens is 444 g/mol. The summed E-state index contributed by atoms with van der Waals surface area (Å²) in [6.07, 6.45) is 1.17. The van der Waals surface area contributed by atoms with Gasteiger partial charge in [-0.25, -0.2) is 16.8 Å². The fourth-order valence-corrected chi connectivity index (χ4v) is 5.24. The number of nitrogens with one attached hydrogen (secondary N) is 1. The third kappa shape index (κ3) is 5.51. The van der Waals surface area contributed by atoms with Gasteiger partial charge in [-0.05, 0) is 37.1 Å². The van der Waals surface area contributed by atoms with Crippen molar-refractivity contribution in [1.82, 2.24) is 9.62 Å². The van der Waals surface area contributed by atoms with Gasteiger partial charge in [-0.15, -0.1) is 0 Å². The molecule has 0 saturated carbocycles. The van der Waals surface area contributed by atoms with Gasteiger partial charge in [0.25, 0.3) is 0 Å². The lowest BCUT2D eigenvalue weighted by molar-refractivity contribution is -0.125. The molecule has 2 rings (SSSR count). The van der Waals surface area contributed by atoms with Gasteiger partial charge in [-0.1, -0.05) is 22.9 Å². The van der Waals surface area contributed by atoms with Gasteiger partial charge < -0.3 is 5.32 Å². The van der Waals surface area contributed by atoms with Crippen LogP contribution in [0, 0.1) is 5.92 Å². The number of benzene rings is 1. The molecule has 1 N–H and O–H groups in total. The first-order chi connectivity index (χ1) is 12.2. The van der Waals surface area contributed by atoms with Crippen LogP contribution in [0.25, 0.3) is 0 Å². The van der Waals surface area contributed by atoms with Crippen molar-refractivity contribution >= 4 is 41.7 Å². The smallest absolute Gasteiger partial charge is 0.243 e. The van der Waals surface area contributed by atoms with E-state index in [1.54, 1.807) is 19.1 Å². The quantitative estimate of drug-likeness (QED) is 0.654. The number of halogens is 1. The maximum atomic E-state index is 12.8. The molecule has 1 fully saturated rings. The van der Waals surface area contributed by atoms with Gasteiger partial charge in [-0.2, -0.15) is 4.31 Å². The van der Waals surface area contributed by atoms with Crippen LogP contribution in [-0.4, -0.2) is 58.2 Å². The zero-order valence-corrected chi connectivity index (χ0v) is 17.7. The normalized spacial score (nSPS) is 19.2. The van der Waals surface area contributed by atoms with Crippen molar-refractivity contribution in [3.05, 3.63) is 28.7 Å². The van der Waals surface area contributed by atoms with E-state index in [-0.39, 0.29) is 35.4 Å². The second kappa shape index (κ2) is 8.81. The minimum atomic E-state index is -3.66. The van der Waals surface area contributed by atoms with E-state index in [9.17, 15) is 21.6 Å². The van der Waals surface area contributed by atoms with Crippen LogP contribution in [-0.2, 0) is 24.7 Å². The van der Waals surface area contributed by atoms with Crippen molar-refractivity contribution in [1.29, 1.82) is 0 Å². The van der Waals surface area contributed by atoms with E-state index in [0.717, 1.165) is 4.47 Å². The van der Waals surface area contributed by atoms with Gasteiger partial charge in [0.05, 0.1) is 16.6 Å². The molecule has 1 heterocycles. The summed E-state index contributed by atoms with van der Waals surface area (Å²) in [6.45, 7) is 2.07. The lowest BCUT2D eigenvalue weighted by atomic mass is 9.99. The van der Waals surface area contributed by atoms with E-state index in [0.29, 0.717) is 19.4 Å². The van der Waals surface area contributed by atoms with Crippen LogP contribution in [0.15, 0.2) is 33.6 Å². The molecule has 1 atom stereocenters. The zero-order valence-electron chi connectivity index (χ0n) is 14.5. The summed E-state index contributed by atoms with van der Waals surface area (Å²) in [5, 5.41) is 2.62. The Morgan fingerprint density at radius 1 is 1.23 bits per heavy atom. The number of nitrogens with zero attached hydrogens (tertiary/aromatic N) is 1. The summed E-state index contributed by atoms with van der Waals surface area (Å²) in [4.78, 5) is 12.5. The van der Waals surface area contributed by atoms with Gasteiger partial charge in [0, 0.05) is 29.9 Å². The average Bonchev–Trinajstić information content (AvgIpc) is 2.62. The number of sulfonamides is 1. The molecule has 0 bridgehead atoms. The standard InChI is InChI=1S/C16H23BrN2O5S2/c1-2-25(21,22)11-9-18-16(20)13-4-3-10-19(12-13)26(23,24)15-7-5-14(17)6-8-15/h5-8,13H,2-4,9-12H2,1H3,(H,18,20). The summed E-state index contributed by atoms with van der Waals surface area (Å²) < 4.78 is 50.6. The van der Waals surface area contributed by atoms with Crippen LogP contribution in [0.3, 0.4) is 0 Å². The predicted molar refractivity (Wildman–Crippen MR) is 103 cm³/mol. The lowest BCUT2D eigenvalue weighted by Gasteiger charge is -2.31. The summed E-state index contributed by atoms with van der Waals surface area (Å²) >= 11 is 3.28. The zero-order chi connectivity index (χ0) is 19.4. The Labute approximate surface area is 163 Å². The van der Waals surface area contributed by atoms with Crippen molar-refractivity contribution in [2.45, 2.75) is 24.7 Å². The van der Waals surface area contributed by atoms with Gasteiger partial charge in [0.1, 0.15) is 0 Å². The SMILES string of the molecule is CCS(=O)(=O)CCNC(=O)C1CCCN(S(=O)(=O)c2ccc(Br)cc2)C1. The number of rotatable bonds is 7. The molecule has 1 aromatic rings. The molecule has 0 aliphatic carbocycles. The summed E-state index contributed by atoms with van der Waals surface area (Å²) in [7, 11) is -6.80. The van der Waals surface area contributed by atoms with Crippen molar-refractivity contribution in [2.75, 3.05) is 31.1 Å². The first-order valence-corrected chi connectivity index (χ1v) is 12.4. The Morgan fingerprint density at radius 2 is 1.88 bits per heavy atom. The molecule has 1 aliphatic heterocycles. The van der Waals surface area contributed by atoms with E-state index in [4.69, 9.17) is 0 Å². The number of amides is 1. The Bertz CT molecular complexity index is 838. The maximum absolute atomic E-state index is 12.8. The maximum Gasteiger partial charge on any atom is 0.243 e. The van der Waals surface area contributed by atoms with Crippen LogP contribution >= 0.6 is 15.9 Å². The fraction of sp³-hybridized carbons (Fsp3) is 0.562. The topological polar surface area (TPSA) is 101 Å². The molecule has 0 radical (unpaired) electrons. The minimum Gasteiger partial charge on any atom is -0.355 e. The molecule has 1 aliphatic rings. The molecule has 10 heteroatoms. The van der Waals surface area contributed by atoms with Crippen LogP contribution in [0.1, 0.15) is 19.8 Å².